The second-order valence-corrected chi connectivity index (χ2v) is 7.47. The van der Waals surface area contributed by atoms with E-state index in [2.05, 4.69) is 6.07 Å². The van der Waals surface area contributed by atoms with Crippen LogP contribution in [0.4, 0.5) is 0 Å². The van der Waals surface area contributed by atoms with Crippen LogP contribution in [0, 0.1) is 11.3 Å². The Morgan fingerprint density at radius 3 is 2.41 bits per heavy atom. The van der Waals surface area contributed by atoms with Gasteiger partial charge in [0.15, 0.2) is 0 Å². The largest absolute Gasteiger partial charge is 0.383 e. The Morgan fingerprint density at radius 1 is 1.00 bits per heavy atom. The zero-order valence-corrected chi connectivity index (χ0v) is 17.5. The summed E-state index contributed by atoms with van der Waals surface area (Å²) in [6, 6.07) is 26.6. The number of carbonyl (C=O) groups excluding carboxylic acids is 1. The highest BCUT2D eigenvalue weighted by Gasteiger charge is 2.26. The highest BCUT2D eigenvalue weighted by molar-refractivity contribution is 6.12. The lowest BCUT2D eigenvalue weighted by molar-refractivity contribution is 0.103. The number of ketones is 1. The molecular weight excluding hydrogens is 400 g/mol. The third kappa shape index (κ3) is 3.16. The minimum Gasteiger partial charge on any atom is -0.383 e. The monoisotopic (exact) mass is 420 g/mol. The quantitative estimate of drug-likeness (QED) is 0.373. The van der Waals surface area contributed by atoms with Crippen molar-refractivity contribution in [3.05, 3.63) is 95.7 Å². The number of nitrogens with zero attached hydrogens (tertiary/aromatic N) is 4. The minimum atomic E-state index is -0.120. The van der Waals surface area contributed by atoms with Crippen LogP contribution in [-0.4, -0.2) is 33.5 Å². The lowest BCUT2D eigenvalue weighted by Gasteiger charge is -2.06. The number of aromatic nitrogens is 3. The third-order valence-corrected chi connectivity index (χ3v) is 5.55. The fourth-order valence-corrected chi connectivity index (χ4v) is 4.06. The van der Waals surface area contributed by atoms with Crippen molar-refractivity contribution in [3.63, 3.8) is 0 Å². The van der Waals surface area contributed by atoms with Crippen LogP contribution < -0.4 is 0 Å². The molecule has 156 valence electrons. The Morgan fingerprint density at radius 2 is 1.72 bits per heavy atom. The molecule has 0 aliphatic heterocycles. The molecule has 0 amide bonds. The molecule has 0 bridgehead atoms. The van der Waals surface area contributed by atoms with Gasteiger partial charge in [0.2, 0.25) is 11.6 Å². The normalized spacial score (nSPS) is 11.1. The van der Waals surface area contributed by atoms with Crippen molar-refractivity contribution in [3.8, 4) is 17.3 Å². The van der Waals surface area contributed by atoms with E-state index in [-0.39, 0.29) is 5.78 Å². The van der Waals surface area contributed by atoms with Gasteiger partial charge in [0.1, 0.15) is 11.4 Å². The molecule has 0 aliphatic carbocycles. The van der Waals surface area contributed by atoms with Gasteiger partial charge in [0.25, 0.3) is 0 Å². The first-order valence-corrected chi connectivity index (χ1v) is 10.3. The van der Waals surface area contributed by atoms with Crippen LogP contribution in [0.1, 0.15) is 21.6 Å². The fourth-order valence-electron chi connectivity index (χ4n) is 4.06. The fraction of sp³-hybridized carbons (Fsp3) is 0.115. The van der Waals surface area contributed by atoms with E-state index in [1.54, 1.807) is 25.3 Å². The van der Waals surface area contributed by atoms with Crippen molar-refractivity contribution in [2.45, 2.75) is 6.54 Å². The van der Waals surface area contributed by atoms with Gasteiger partial charge in [0.05, 0.1) is 29.3 Å². The number of ether oxygens (including phenoxy) is 1. The molecule has 0 atom stereocenters. The molecule has 0 fully saturated rings. The number of carbonyl (C=O) groups is 1. The van der Waals surface area contributed by atoms with Crippen molar-refractivity contribution in [2.75, 3.05) is 13.7 Å². The van der Waals surface area contributed by atoms with Crippen molar-refractivity contribution in [2.24, 2.45) is 0 Å². The van der Waals surface area contributed by atoms with Crippen molar-refractivity contribution in [1.82, 2.24) is 14.0 Å². The molecule has 3 aromatic carbocycles. The number of methoxy groups -OCH3 is 1. The van der Waals surface area contributed by atoms with Gasteiger partial charge in [-0.2, -0.15) is 5.26 Å². The van der Waals surface area contributed by atoms with Crippen LogP contribution in [-0.2, 0) is 11.3 Å². The van der Waals surface area contributed by atoms with Crippen LogP contribution in [0.15, 0.2) is 78.9 Å². The Kier molecular flexibility index (Phi) is 5.02. The third-order valence-electron chi connectivity index (χ3n) is 5.55. The standard InChI is InChI=1S/C26H20N4O2/c1-32-15-14-29-21-13-12-18(17-27)16-22(21)30-24(25(31)20-10-6-3-7-11-20)23(28-26(29)30)19-8-4-2-5-9-19/h2-13,16H,14-15H2,1H3. The average molecular weight is 420 g/mol. The summed E-state index contributed by atoms with van der Waals surface area (Å²) in [6.07, 6.45) is 0. The molecule has 2 aromatic heterocycles. The van der Waals surface area contributed by atoms with Gasteiger partial charge in [-0.1, -0.05) is 60.7 Å². The number of hydrogen-bond donors (Lipinski definition) is 0. The van der Waals surface area contributed by atoms with E-state index in [4.69, 9.17) is 9.72 Å². The number of fused-ring (bicyclic) bond motifs is 3. The summed E-state index contributed by atoms with van der Waals surface area (Å²) in [6.45, 7) is 1.06. The maximum atomic E-state index is 13.8. The lowest BCUT2D eigenvalue weighted by Crippen LogP contribution is -2.07. The molecule has 0 radical (unpaired) electrons. The summed E-state index contributed by atoms with van der Waals surface area (Å²) in [5.74, 6) is 0.523. The first-order valence-electron chi connectivity index (χ1n) is 10.3. The van der Waals surface area contributed by atoms with Gasteiger partial charge in [0, 0.05) is 24.8 Å². The molecule has 6 heteroatoms. The highest BCUT2D eigenvalue weighted by atomic mass is 16.5. The van der Waals surface area contributed by atoms with E-state index in [9.17, 15) is 10.1 Å². The van der Waals surface area contributed by atoms with Gasteiger partial charge < -0.3 is 9.30 Å². The van der Waals surface area contributed by atoms with Gasteiger partial charge in [-0.05, 0) is 18.2 Å². The molecule has 5 aromatic rings. The van der Waals surface area contributed by atoms with E-state index in [0.717, 1.165) is 16.6 Å². The summed E-state index contributed by atoms with van der Waals surface area (Å²) in [4.78, 5) is 18.7. The number of hydrogen-bond acceptors (Lipinski definition) is 4. The zero-order valence-electron chi connectivity index (χ0n) is 17.5. The van der Waals surface area contributed by atoms with E-state index in [1.165, 1.54) is 0 Å². The Balaban J connectivity index is 1.89. The Labute approximate surface area is 184 Å². The van der Waals surface area contributed by atoms with Crippen LogP contribution in [0.25, 0.3) is 28.1 Å². The molecule has 0 spiro atoms. The molecule has 0 unspecified atom stereocenters. The molecule has 0 saturated heterocycles. The Bertz CT molecular complexity index is 1480. The van der Waals surface area contributed by atoms with Crippen molar-refractivity contribution >= 4 is 22.6 Å². The van der Waals surface area contributed by atoms with Crippen LogP contribution in [0.5, 0.6) is 0 Å². The van der Waals surface area contributed by atoms with E-state index < -0.39 is 0 Å². The number of imidazole rings is 2. The molecule has 5 rings (SSSR count). The molecule has 2 heterocycles. The second-order valence-electron chi connectivity index (χ2n) is 7.47. The van der Waals surface area contributed by atoms with Crippen LogP contribution in [0.3, 0.4) is 0 Å². The predicted molar refractivity (Wildman–Crippen MR) is 123 cm³/mol. The van der Waals surface area contributed by atoms with E-state index in [0.29, 0.717) is 41.4 Å². The summed E-state index contributed by atoms with van der Waals surface area (Å²) in [7, 11) is 1.65. The molecular formula is C26H20N4O2. The Hall–Kier alpha value is -4.21. The smallest absolute Gasteiger partial charge is 0.216 e. The minimum absolute atomic E-state index is 0.120. The number of nitriles is 1. The van der Waals surface area contributed by atoms with Gasteiger partial charge in [-0.3, -0.25) is 9.20 Å². The molecule has 0 saturated carbocycles. The van der Waals surface area contributed by atoms with Gasteiger partial charge >= 0.3 is 0 Å². The SMILES string of the molecule is COCCn1c2ccc(C#N)cc2n2c(C(=O)c3ccccc3)c(-c3ccccc3)nc12. The lowest BCUT2D eigenvalue weighted by atomic mass is 10.0. The molecule has 6 nitrogen and oxygen atoms in total. The maximum absolute atomic E-state index is 13.8. The van der Waals surface area contributed by atoms with Gasteiger partial charge in [-0.15, -0.1) is 0 Å². The average Bonchev–Trinajstić information content (AvgIpc) is 3.38. The first-order chi connectivity index (χ1) is 15.7. The zero-order chi connectivity index (χ0) is 22.1. The van der Waals surface area contributed by atoms with Crippen LogP contribution >= 0.6 is 0 Å². The van der Waals surface area contributed by atoms with E-state index >= 15 is 0 Å². The highest BCUT2D eigenvalue weighted by Crippen LogP contribution is 2.32. The summed E-state index contributed by atoms with van der Waals surface area (Å²) in [5, 5.41) is 9.49. The summed E-state index contributed by atoms with van der Waals surface area (Å²) < 4.78 is 9.23. The molecule has 0 aliphatic rings. The number of benzene rings is 3. The van der Waals surface area contributed by atoms with Gasteiger partial charge in [-0.25, -0.2) is 4.98 Å². The maximum Gasteiger partial charge on any atom is 0.216 e. The van der Waals surface area contributed by atoms with Crippen molar-refractivity contribution < 1.29 is 9.53 Å². The topological polar surface area (TPSA) is 72.3 Å². The summed E-state index contributed by atoms with van der Waals surface area (Å²) in [5.41, 5.74) is 4.73. The van der Waals surface area contributed by atoms with E-state index in [1.807, 2.05) is 69.6 Å². The molecule has 0 N–H and O–H groups in total. The number of rotatable bonds is 6. The molecule has 32 heavy (non-hydrogen) atoms. The van der Waals surface area contributed by atoms with Crippen LogP contribution in [0.2, 0.25) is 0 Å². The second kappa shape index (κ2) is 8.14. The summed E-state index contributed by atoms with van der Waals surface area (Å²) >= 11 is 0. The predicted octanol–water partition coefficient (Wildman–Crippen LogP) is 4.71. The van der Waals surface area contributed by atoms with Crippen molar-refractivity contribution in [1.29, 1.82) is 5.26 Å². The first kappa shape index (κ1) is 19.7.